The zero-order valence-electron chi connectivity index (χ0n) is 24.3. The van der Waals surface area contributed by atoms with Gasteiger partial charge in [0.2, 0.25) is 17.7 Å². The number of piperidine rings is 1. The van der Waals surface area contributed by atoms with Crippen molar-refractivity contribution in [3.63, 3.8) is 0 Å². The molecule has 2 saturated heterocycles. The minimum absolute atomic E-state index is 0.0191. The summed E-state index contributed by atoms with van der Waals surface area (Å²) >= 11 is 0. The van der Waals surface area contributed by atoms with Crippen LogP contribution in [-0.2, 0) is 22.5 Å². The molecule has 41 heavy (non-hydrogen) atoms. The maximum atomic E-state index is 14.2. The summed E-state index contributed by atoms with van der Waals surface area (Å²) in [6.07, 6.45) is 3.01. The van der Waals surface area contributed by atoms with Gasteiger partial charge in [-0.3, -0.25) is 9.59 Å². The molecule has 4 fully saturated rings. The lowest BCUT2D eigenvalue weighted by molar-refractivity contribution is -0.141. The highest BCUT2D eigenvalue weighted by molar-refractivity contribution is 5.97. The summed E-state index contributed by atoms with van der Waals surface area (Å²) in [5.41, 5.74) is 1.74. The Balaban J connectivity index is 1.14. The molecule has 7 rings (SSSR count). The van der Waals surface area contributed by atoms with Gasteiger partial charge in [-0.25, -0.2) is 4.98 Å². The Bertz CT molecular complexity index is 1470. The molecule has 2 saturated carbocycles. The second kappa shape index (κ2) is 10.0. The molecule has 3 aromatic rings. The van der Waals surface area contributed by atoms with Crippen LogP contribution >= 0.6 is 0 Å². The van der Waals surface area contributed by atoms with Gasteiger partial charge in [0.05, 0.1) is 30.2 Å². The van der Waals surface area contributed by atoms with Crippen molar-refractivity contribution in [1.82, 2.24) is 30.0 Å². The summed E-state index contributed by atoms with van der Waals surface area (Å²) in [7, 11) is 0. The molecule has 1 spiro atoms. The van der Waals surface area contributed by atoms with Crippen LogP contribution in [0.5, 0.6) is 0 Å². The molecular weight excluding hydrogens is 520 g/mol. The van der Waals surface area contributed by atoms with E-state index in [1.54, 1.807) is 6.92 Å². The van der Waals surface area contributed by atoms with E-state index >= 15 is 0 Å². The van der Waals surface area contributed by atoms with Crippen LogP contribution in [0.1, 0.15) is 55.5 Å². The smallest absolute Gasteiger partial charge is 0.227 e. The van der Waals surface area contributed by atoms with E-state index in [4.69, 9.17) is 14.1 Å². The molecule has 4 heterocycles. The topological polar surface area (TPSA) is 115 Å². The third-order valence-corrected chi connectivity index (χ3v) is 10.3. The van der Waals surface area contributed by atoms with Gasteiger partial charge < -0.3 is 23.9 Å². The van der Waals surface area contributed by atoms with Gasteiger partial charge in [0.1, 0.15) is 0 Å². The lowest BCUT2D eigenvalue weighted by Crippen LogP contribution is -2.52. The van der Waals surface area contributed by atoms with Gasteiger partial charge >= 0.3 is 0 Å². The van der Waals surface area contributed by atoms with Crippen molar-refractivity contribution in [2.24, 2.45) is 34.5 Å². The largest absolute Gasteiger partial charge is 0.426 e. The molecule has 2 aliphatic carbocycles. The standard InChI is InChI=1S/C31H40N6O4/c1-19(2)14-22-27-30(15-21(17-32-18-30)29(39)36-10-12-40-13-11-36)31(22,27)16-25(38)28-33-23-6-4-5-7-24(23)37(28)9-8-26-35-34-20(3)41-26/h4-7,19,21-22,27,32H,8-18H2,1-3H3/t21-,22?,27?,30-,31?/m1/s1. The quantitative estimate of drug-likeness (QED) is 0.397. The number of imidazole rings is 1. The van der Waals surface area contributed by atoms with Crippen molar-refractivity contribution in [1.29, 1.82) is 0 Å². The maximum absolute atomic E-state index is 14.2. The number of fused-ring (bicyclic) bond motifs is 4. The Kier molecular flexibility index (Phi) is 6.54. The average Bonchev–Trinajstić information content (AvgIpc) is 3.55. The van der Waals surface area contributed by atoms with Crippen LogP contribution in [0.15, 0.2) is 28.7 Å². The number of rotatable bonds is 9. The van der Waals surface area contributed by atoms with Crippen molar-refractivity contribution < 1.29 is 18.7 Å². The van der Waals surface area contributed by atoms with Gasteiger partial charge in [0.15, 0.2) is 11.6 Å². The molecule has 0 radical (unpaired) electrons. The van der Waals surface area contributed by atoms with Gasteiger partial charge in [0, 0.05) is 52.5 Å². The van der Waals surface area contributed by atoms with Crippen LogP contribution in [0, 0.1) is 41.4 Å². The van der Waals surface area contributed by atoms with Crippen molar-refractivity contribution in [2.75, 3.05) is 39.4 Å². The number of aromatic nitrogens is 4. The van der Waals surface area contributed by atoms with Crippen molar-refractivity contribution in [2.45, 2.75) is 53.0 Å². The molecule has 2 aromatic heterocycles. The summed E-state index contributed by atoms with van der Waals surface area (Å²) in [5, 5.41) is 11.7. The van der Waals surface area contributed by atoms with Gasteiger partial charge in [-0.2, -0.15) is 0 Å². The van der Waals surface area contributed by atoms with Crippen LogP contribution in [0.25, 0.3) is 11.0 Å². The van der Waals surface area contributed by atoms with Crippen molar-refractivity contribution >= 4 is 22.7 Å². The van der Waals surface area contributed by atoms with E-state index in [9.17, 15) is 9.59 Å². The zero-order chi connectivity index (χ0) is 28.4. The molecule has 10 heteroatoms. The molecule has 1 aromatic carbocycles. The second-order valence-electron chi connectivity index (χ2n) is 13.0. The minimum atomic E-state index is -0.0438. The Morgan fingerprint density at radius 3 is 2.73 bits per heavy atom. The van der Waals surface area contributed by atoms with E-state index in [0.29, 0.717) is 87.6 Å². The lowest BCUT2D eigenvalue weighted by Gasteiger charge is -2.41. The number of ether oxygens (including phenoxy) is 1. The van der Waals surface area contributed by atoms with E-state index in [0.717, 1.165) is 30.4 Å². The number of carbonyl (C=O) groups excluding carboxylic acids is 2. The predicted molar refractivity (Wildman–Crippen MR) is 151 cm³/mol. The number of nitrogens with one attached hydrogen (secondary N) is 1. The fourth-order valence-corrected chi connectivity index (χ4v) is 8.54. The highest BCUT2D eigenvalue weighted by Crippen LogP contribution is 2.95. The van der Waals surface area contributed by atoms with E-state index in [1.165, 1.54) is 0 Å². The Labute approximate surface area is 240 Å². The highest BCUT2D eigenvalue weighted by atomic mass is 16.5. The molecule has 5 atom stereocenters. The molecule has 0 bridgehead atoms. The first-order chi connectivity index (χ1) is 19.8. The fraction of sp³-hybridized carbons (Fsp3) is 0.645. The summed E-state index contributed by atoms with van der Waals surface area (Å²) in [4.78, 5) is 34.5. The first-order valence-corrected chi connectivity index (χ1v) is 15.2. The van der Waals surface area contributed by atoms with E-state index in [2.05, 4.69) is 29.4 Å². The Morgan fingerprint density at radius 2 is 1.98 bits per heavy atom. The number of benzene rings is 1. The molecule has 2 aliphatic heterocycles. The predicted octanol–water partition coefficient (Wildman–Crippen LogP) is 3.29. The lowest BCUT2D eigenvalue weighted by atomic mass is 9.70. The van der Waals surface area contributed by atoms with Crippen LogP contribution in [0.2, 0.25) is 0 Å². The number of ketones is 1. The van der Waals surface area contributed by atoms with Crippen LogP contribution in [-0.4, -0.2) is 75.7 Å². The first kappa shape index (κ1) is 26.8. The van der Waals surface area contributed by atoms with Crippen LogP contribution in [0.3, 0.4) is 0 Å². The number of Topliss-reactive ketones (excluding diaryl/α,β-unsaturated/α-hetero) is 1. The number of amides is 1. The number of carbonyl (C=O) groups is 2. The monoisotopic (exact) mass is 560 g/mol. The highest BCUT2D eigenvalue weighted by Gasteiger charge is 2.93. The number of hydrogen-bond acceptors (Lipinski definition) is 8. The molecule has 1 amide bonds. The number of hydrogen-bond donors (Lipinski definition) is 1. The normalized spacial score (nSPS) is 30.6. The van der Waals surface area contributed by atoms with Gasteiger partial charge in [-0.05, 0) is 53.6 Å². The second-order valence-corrected chi connectivity index (χ2v) is 13.0. The number of aryl methyl sites for hydroxylation is 3. The van der Waals surface area contributed by atoms with E-state index in [-0.39, 0.29) is 28.4 Å². The third-order valence-electron chi connectivity index (χ3n) is 10.3. The van der Waals surface area contributed by atoms with Crippen molar-refractivity contribution in [3.8, 4) is 0 Å². The van der Waals surface area contributed by atoms with Crippen molar-refractivity contribution in [3.05, 3.63) is 41.9 Å². The molecular formula is C31H40N6O4. The zero-order valence-corrected chi connectivity index (χ0v) is 24.3. The summed E-state index contributed by atoms with van der Waals surface area (Å²) in [6.45, 7) is 11.0. The maximum Gasteiger partial charge on any atom is 0.227 e. The van der Waals surface area contributed by atoms with E-state index < -0.39 is 0 Å². The summed E-state index contributed by atoms with van der Waals surface area (Å²) in [5.74, 6) is 3.50. The summed E-state index contributed by atoms with van der Waals surface area (Å²) < 4.78 is 13.1. The van der Waals surface area contributed by atoms with E-state index in [1.807, 2.05) is 33.7 Å². The SMILES string of the molecule is Cc1nnc(CCn2c(C(=O)CC34C(CC(C)C)C3[C@@]43CNC[C@H](C(=O)N4CCOCC4)C3)nc3ccccc32)o1. The van der Waals surface area contributed by atoms with Gasteiger partial charge in [-0.15, -0.1) is 10.2 Å². The van der Waals surface area contributed by atoms with Gasteiger partial charge in [-0.1, -0.05) is 26.0 Å². The fourth-order valence-electron chi connectivity index (χ4n) is 8.54. The number of para-hydroxylation sites is 2. The minimum Gasteiger partial charge on any atom is -0.426 e. The first-order valence-electron chi connectivity index (χ1n) is 15.2. The Hall–Kier alpha value is -3.11. The number of nitrogens with zero attached hydrogens (tertiary/aromatic N) is 5. The molecule has 1 N–H and O–H groups in total. The summed E-state index contributed by atoms with van der Waals surface area (Å²) in [6, 6.07) is 7.92. The number of morpholine rings is 1. The molecule has 10 nitrogen and oxygen atoms in total. The molecule has 218 valence electrons. The molecule has 3 unspecified atom stereocenters. The van der Waals surface area contributed by atoms with Gasteiger partial charge in [0.25, 0.3) is 0 Å². The average molecular weight is 561 g/mol. The third kappa shape index (κ3) is 4.33. The molecule has 4 aliphatic rings. The Morgan fingerprint density at radius 1 is 1.17 bits per heavy atom. The van der Waals surface area contributed by atoms with Crippen LogP contribution < -0.4 is 5.32 Å². The van der Waals surface area contributed by atoms with Crippen LogP contribution in [0.4, 0.5) is 0 Å².